The molecule has 4 rings (SSSR count). The minimum Gasteiger partial charge on any atom is -0.497 e. The second-order valence-electron chi connectivity index (χ2n) is 9.13. The van der Waals surface area contributed by atoms with Gasteiger partial charge in [0.15, 0.2) is 0 Å². The van der Waals surface area contributed by atoms with Crippen molar-refractivity contribution in [3.8, 4) is 11.5 Å². The summed E-state index contributed by atoms with van der Waals surface area (Å²) in [6.45, 7) is 2.93. The molecule has 1 N–H and O–H groups in total. The smallest absolute Gasteiger partial charge is 0.249 e. The highest BCUT2D eigenvalue weighted by atomic mass is 16.5. The molecule has 5 nitrogen and oxygen atoms in total. The third-order valence-electron chi connectivity index (χ3n) is 7.14. The largest absolute Gasteiger partial charge is 0.497 e. The van der Waals surface area contributed by atoms with Gasteiger partial charge in [0.1, 0.15) is 11.5 Å². The van der Waals surface area contributed by atoms with Crippen molar-refractivity contribution in [1.29, 1.82) is 0 Å². The third-order valence-corrected chi connectivity index (χ3v) is 7.14. The average Bonchev–Trinajstić information content (AvgIpc) is 3.19. The number of nitrogens with one attached hydrogen (secondary N) is 1. The first kappa shape index (κ1) is 23.2. The second kappa shape index (κ2) is 10.8. The molecular weight excluding hydrogens is 412 g/mol. The Labute approximate surface area is 197 Å². The van der Waals surface area contributed by atoms with E-state index in [9.17, 15) is 4.79 Å². The number of rotatable bonds is 8. The van der Waals surface area contributed by atoms with Crippen LogP contribution < -0.4 is 14.8 Å². The predicted octanol–water partition coefficient (Wildman–Crippen LogP) is 5.42. The van der Waals surface area contributed by atoms with Gasteiger partial charge >= 0.3 is 0 Å². The Kier molecular flexibility index (Phi) is 7.58. The summed E-state index contributed by atoms with van der Waals surface area (Å²) < 4.78 is 11.2. The molecule has 2 aliphatic rings. The Morgan fingerprint density at radius 3 is 2.48 bits per heavy atom. The number of hydrogen-bond donors (Lipinski definition) is 1. The summed E-state index contributed by atoms with van der Waals surface area (Å²) in [5.41, 5.74) is 4.31. The van der Waals surface area contributed by atoms with E-state index in [1.807, 2.05) is 24.3 Å². The van der Waals surface area contributed by atoms with Gasteiger partial charge in [0.05, 0.1) is 20.3 Å². The van der Waals surface area contributed by atoms with Crippen LogP contribution in [0.25, 0.3) is 0 Å². The Morgan fingerprint density at radius 2 is 1.79 bits per heavy atom. The Morgan fingerprint density at radius 1 is 1.03 bits per heavy atom. The van der Waals surface area contributed by atoms with Gasteiger partial charge in [0, 0.05) is 35.8 Å². The number of nitrogens with zero attached hydrogens (tertiary/aromatic N) is 1. The van der Waals surface area contributed by atoms with E-state index >= 15 is 0 Å². The Bertz CT molecular complexity index is 980. The summed E-state index contributed by atoms with van der Waals surface area (Å²) in [6.07, 6.45) is 7.44. The average molecular weight is 449 g/mol. The standard InChI is InChI=1S/C28H36N2O3/c1-20-24(28(31)29-22-12-8-5-9-13-22)19-26(25-18-23(32-2)14-15-27(25)33-3)30(20)17-16-21-10-6-4-7-11-21/h4,6-7,10-11,14-15,18,22,26H,5,8-9,12-13,16-17,19H2,1-3H3,(H,29,31). The number of allylic oxidation sites excluding steroid dienone is 1. The van der Waals surface area contributed by atoms with Crippen molar-refractivity contribution in [2.24, 2.45) is 0 Å². The van der Waals surface area contributed by atoms with Gasteiger partial charge in [0.2, 0.25) is 5.91 Å². The summed E-state index contributed by atoms with van der Waals surface area (Å²) in [5.74, 6) is 1.72. The first-order valence-electron chi connectivity index (χ1n) is 12.1. The van der Waals surface area contributed by atoms with Crippen LogP contribution in [0.4, 0.5) is 0 Å². The minimum absolute atomic E-state index is 0.0332. The molecule has 1 fully saturated rings. The van der Waals surface area contributed by atoms with Gasteiger partial charge in [-0.15, -0.1) is 0 Å². The van der Waals surface area contributed by atoms with E-state index in [1.165, 1.54) is 24.8 Å². The van der Waals surface area contributed by atoms with Crippen molar-refractivity contribution in [3.05, 3.63) is 70.9 Å². The lowest BCUT2D eigenvalue weighted by Crippen LogP contribution is -2.37. The maximum absolute atomic E-state index is 13.3. The molecule has 5 heteroatoms. The SMILES string of the molecule is COc1ccc(OC)c(C2CC(C(=O)NC3CCCCC3)=C(C)N2CCc2ccccc2)c1. The molecule has 33 heavy (non-hydrogen) atoms. The van der Waals surface area contributed by atoms with E-state index in [2.05, 4.69) is 41.4 Å². The molecule has 1 saturated carbocycles. The van der Waals surface area contributed by atoms with Crippen LogP contribution in [-0.2, 0) is 11.2 Å². The van der Waals surface area contributed by atoms with Crippen LogP contribution in [0.2, 0.25) is 0 Å². The van der Waals surface area contributed by atoms with Crippen LogP contribution in [0.15, 0.2) is 59.8 Å². The van der Waals surface area contributed by atoms with Gasteiger partial charge in [-0.2, -0.15) is 0 Å². The molecule has 1 amide bonds. The van der Waals surface area contributed by atoms with E-state index in [0.717, 1.165) is 54.1 Å². The molecule has 1 atom stereocenters. The first-order valence-corrected chi connectivity index (χ1v) is 12.1. The highest BCUT2D eigenvalue weighted by Crippen LogP contribution is 2.43. The second-order valence-corrected chi connectivity index (χ2v) is 9.13. The Balaban J connectivity index is 1.61. The molecule has 1 aliphatic heterocycles. The zero-order valence-electron chi connectivity index (χ0n) is 20.1. The van der Waals surface area contributed by atoms with Crippen LogP contribution >= 0.6 is 0 Å². The van der Waals surface area contributed by atoms with E-state index < -0.39 is 0 Å². The number of benzene rings is 2. The van der Waals surface area contributed by atoms with Crippen LogP contribution in [0.3, 0.4) is 0 Å². The molecular formula is C28H36N2O3. The molecule has 2 aromatic carbocycles. The van der Waals surface area contributed by atoms with Crippen LogP contribution in [0.5, 0.6) is 11.5 Å². The van der Waals surface area contributed by atoms with Gasteiger partial charge in [-0.05, 0) is 49.9 Å². The van der Waals surface area contributed by atoms with E-state index in [4.69, 9.17) is 9.47 Å². The highest BCUT2D eigenvalue weighted by Gasteiger charge is 2.35. The van der Waals surface area contributed by atoms with Gasteiger partial charge in [-0.3, -0.25) is 4.79 Å². The Hall–Kier alpha value is -2.95. The number of carbonyl (C=O) groups is 1. The number of carbonyl (C=O) groups excluding carboxylic acids is 1. The maximum atomic E-state index is 13.3. The van der Waals surface area contributed by atoms with Gasteiger partial charge in [0.25, 0.3) is 0 Å². The van der Waals surface area contributed by atoms with E-state index in [-0.39, 0.29) is 11.9 Å². The monoisotopic (exact) mass is 448 g/mol. The summed E-state index contributed by atoms with van der Waals surface area (Å²) >= 11 is 0. The topological polar surface area (TPSA) is 50.8 Å². The van der Waals surface area contributed by atoms with Gasteiger partial charge < -0.3 is 19.7 Å². The van der Waals surface area contributed by atoms with E-state index in [1.54, 1.807) is 14.2 Å². The zero-order valence-corrected chi connectivity index (χ0v) is 20.1. The number of ether oxygens (including phenoxy) is 2. The fourth-order valence-electron chi connectivity index (χ4n) is 5.23. The molecule has 0 bridgehead atoms. The number of amides is 1. The molecule has 0 spiro atoms. The maximum Gasteiger partial charge on any atom is 0.249 e. The van der Waals surface area contributed by atoms with Gasteiger partial charge in [-0.1, -0.05) is 49.6 Å². The van der Waals surface area contributed by atoms with Gasteiger partial charge in [-0.25, -0.2) is 0 Å². The molecule has 0 saturated heterocycles. The molecule has 1 unspecified atom stereocenters. The van der Waals surface area contributed by atoms with Crippen molar-refractivity contribution in [2.45, 2.75) is 64.0 Å². The normalized spacial score (nSPS) is 19.0. The van der Waals surface area contributed by atoms with Crippen molar-refractivity contribution < 1.29 is 14.3 Å². The van der Waals surface area contributed by atoms with E-state index in [0.29, 0.717) is 12.5 Å². The number of methoxy groups -OCH3 is 2. The summed E-state index contributed by atoms with van der Waals surface area (Å²) in [5, 5.41) is 3.33. The van der Waals surface area contributed by atoms with Crippen molar-refractivity contribution in [2.75, 3.05) is 20.8 Å². The lowest BCUT2D eigenvalue weighted by atomic mass is 9.94. The highest BCUT2D eigenvalue weighted by molar-refractivity contribution is 5.95. The summed E-state index contributed by atoms with van der Waals surface area (Å²) in [7, 11) is 3.38. The molecule has 1 aliphatic carbocycles. The summed E-state index contributed by atoms with van der Waals surface area (Å²) in [4.78, 5) is 15.7. The number of hydrogen-bond acceptors (Lipinski definition) is 4. The molecule has 0 radical (unpaired) electrons. The fraction of sp³-hybridized carbons (Fsp3) is 0.464. The van der Waals surface area contributed by atoms with Crippen LogP contribution in [0, 0.1) is 0 Å². The van der Waals surface area contributed by atoms with Crippen molar-refractivity contribution >= 4 is 5.91 Å². The lowest BCUT2D eigenvalue weighted by molar-refractivity contribution is -0.118. The zero-order chi connectivity index (χ0) is 23.2. The quantitative estimate of drug-likeness (QED) is 0.586. The predicted molar refractivity (Wildman–Crippen MR) is 131 cm³/mol. The first-order chi connectivity index (χ1) is 16.1. The lowest BCUT2D eigenvalue weighted by Gasteiger charge is -2.30. The van der Waals surface area contributed by atoms with Crippen LogP contribution in [0.1, 0.15) is 62.6 Å². The minimum atomic E-state index is 0.0332. The molecule has 0 aromatic heterocycles. The van der Waals surface area contributed by atoms with Crippen molar-refractivity contribution in [3.63, 3.8) is 0 Å². The third kappa shape index (κ3) is 5.35. The van der Waals surface area contributed by atoms with Crippen molar-refractivity contribution in [1.82, 2.24) is 10.2 Å². The van der Waals surface area contributed by atoms with Crippen LogP contribution in [-0.4, -0.2) is 37.6 Å². The molecule has 1 heterocycles. The fourth-order valence-corrected chi connectivity index (χ4v) is 5.23. The molecule has 176 valence electrons. The summed E-state index contributed by atoms with van der Waals surface area (Å²) in [6, 6.07) is 16.8. The molecule has 2 aromatic rings.